The third kappa shape index (κ3) is 3.66. The van der Waals surface area contributed by atoms with Crippen molar-refractivity contribution < 1.29 is 14.5 Å². The normalized spacial score (nSPS) is 12.8. The number of hydrogen-bond acceptors (Lipinski definition) is 2. The molecule has 0 aliphatic rings. The minimum absolute atomic E-state index is 0.0249. The fraction of sp³-hybridized carbons (Fsp3) is 0.636. The summed E-state index contributed by atoms with van der Waals surface area (Å²) in [5.74, 6) is 0.152. The second-order valence-corrected chi connectivity index (χ2v) is 4.35. The summed E-state index contributed by atoms with van der Waals surface area (Å²) >= 11 is 0. The molecule has 16 heavy (non-hydrogen) atoms. The SMILES string of the molecule is CC(C)C(CO)NC(=O)Cn1cc[n+](C)c1. The van der Waals surface area contributed by atoms with Crippen LogP contribution in [0.2, 0.25) is 0 Å². The molecule has 0 aliphatic carbocycles. The Morgan fingerprint density at radius 3 is 2.69 bits per heavy atom. The first-order chi connectivity index (χ1) is 7.52. The van der Waals surface area contributed by atoms with Crippen LogP contribution in [-0.4, -0.2) is 28.2 Å². The lowest BCUT2D eigenvalue weighted by molar-refractivity contribution is -0.671. The van der Waals surface area contributed by atoms with Crippen molar-refractivity contribution in [3.63, 3.8) is 0 Å². The largest absolute Gasteiger partial charge is 0.394 e. The van der Waals surface area contributed by atoms with Gasteiger partial charge in [-0.15, -0.1) is 0 Å². The maximum Gasteiger partial charge on any atom is 0.262 e. The van der Waals surface area contributed by atoms with E-state index in [9.17, 15) is 4.79 Å². The van der Waals surface area contributed by atoms with Crippen molar-refractivity contribution in [1.29, 1.82) is 0 Å². The van der Waals surface area contributed by atoms with E-state index in [-0.39, 0.29) is 31.0 Å². The molecule has 1 atom stereocenters. The van der Waals surface area contributed by atoms with Crippen LogP contribution in [0.4, 0.5) is 0 Å². The van der Waals surface area contributed by atoms with Crippen molar-refractivity contribution in [3.8, 4) is 0 Å². The molecule has 1 rings (SSSR count). The van der Waals surface area contributed by atoms with Gasteiger partial charge in [-0.3, -0.25) is 4.79 Å². The molecule has 1 aromatic rings. The van der Waals surface area contributed by atoms with Crippen LogP contribution in [-0.2, 0) is 18.4 Å². The summed E-state index contributed by atoms with van der Waals surface area (Å²) in [4.78, 5) is 11.6. The van der Waals surface area contributed by atoms with E-state index in [0.29, 0.717) is 0 Å². The molecule has 1 unspecified atom stereocenters. The molecule has 5 nitrogen and oxygen atoms in total. The molecule has 0 aliphatic heterocycles. The number of amides is 1. The zero-order chi connectivity index (χ0) is 12.1. The second kappa shape index (κ2) is 5.65. The summed E-state index contributed by atoms with van der Waals surface area (Å²) < 4.78 is 3.67. The topological polar surface area (TPSA) is 58.1 Å². The van der Waals surface area contributed by atoms with Gasteiger partial charge in [-0.1, -0.05) is 13.8 Å². The number of rotatable bonds is 5. The van der Waals surface area contributed by atoms with E-state index in [0.717, 1.165) is 0 Å². The number of aromatic nitrogens is 2. The van der Waals surface area contributed by atoms with Gasteiger partial charge in [0.25, 0.3) is 5.91 Å². The Morgan fingerprint density at radius 1 is 1.56 bits per heavy atom. The number of imidazole rings is 1. The van der Waals surface area contributed by atoms with Crippen molar-refractivity contribution in [3.05, 3.63) is 18.7 Å². The van der Waals surface area contributed by atoms with Gasteiger partial charge < -0.3 is 10.4 Å². The van der Waals surface area contributed by atoms with Gasteiger partial charge in [-0.05, 0) is 5.92 Å². The summed E-state index contributed by atoms with van der Waals surface area (Å²) in [7, 11) is 1.90. The van der Waals surface area contributed by atoms with Crippen LogP contribution < -0.4 is 9.88 Å². The minimum Gasteiger partial charge on any atom is -0.394 e. The third-order valence-electron chi connectivity index (χ3n) is 2.50. The zero-order valence-electron chi connectivity index (χ0n) is 10.1. The molecule has 0 fully saturated rings. The van der Waals surface area contributed by atoms with Crippen molar-refractivity contribution in [1.82, 2.24) is 9.88 Å². The highest BCUT2D eigenvalue weighted by atomic mass is 16.3. The molecule has 0 bridgehead atoms. The molecule has 5 heteroatoms. The van der Waals surface area contributed by atoms with Crippen molar-refractivity contribution in [2.45, 2.75) is 26.4 Å². The third-order valence-corrected chi connectivity index (χ3v) is 2.50. The molecule has 1 aromatic heterocycles. The number of carbonyl (C=O) groups excluding carboxylic acids is 1. The molecule has 2 N–H and O–H groups in total. The van der Waals surface area contributed by atoms with Gasteiger partial charge in [-0.25, -0.2) is 9.13 Å². The Balaban J connectivity index is 2.47. The number of nitrogens with zero attached hydrogens (tertiary/aromatic N) is 2. The standard InChI is InChI=1S/C11H19N3O2/c1-9(2)10(7-15)12-11(16)6-14-5-4-13(3)8-14/h4-5,8-10,15H,6-7H2,1-3H3/p+1. The number of aliphatic hydroxyl groups excluding tert-OH is 1. The van der Waals surface area contributed by atoms with Gasteiger partial charge in [0.2, 0.25) is 6.33 Å². The van der Waals surface area contributed by atoms with Gasteiger partial charge >= 0.3 is 0 Å². The fourth-order valence-corrected chi connectivity index (χ4v) is 1.44. The van der Waals surface area contributed by atoms with Crippen molar-refractivity contribution in [2.75, 3.05) is 6.61 Å². The first-order valence-corrected chi connectivity index (χ1v) is 5.44. The van der Waals surface area contributed by atoms with Gasteiger partial charge in [0.15, 0.2) is 6.54 Å². The van der Waals surface area contributed by atoms with Crippen LogP contribution in [0.25, 0.3) is 0 Å². The summed E-state index contributed by atoms with van der Waals surface area (Å²) in [6.07, 6.45) is 5.55. The molecule has 1 amide bonds. The predicted molar refractivity (Wildman–Crippen MR) is 59.5 cm³/mol. The quantitative estimate of drug-likeness (QED) is 0.662. The molecule has 0 saturated carbocycles. The Morgan fingerprint density at radius 2 is 2.25 bits per heavy atom. The van der Waals surface area contributed by atoms with Gasteiger partial charge in [0, 0.05) is 0 Å². The van der Waals surface area contributed by atoms with Crippen molar-refractivity contribution in [2.24, 2.45) is 13.0 Å². The summed E-state index contributed by atoms with van der Waals surface area (Å²) in [6, 6.07) is -0.170. The lowest BCUT2D eigenvalue weighted by atomic mass is 10.1. The number of carbonyl (C=O) groups is 1. The predicted octanol–water partition coefficient (Wildman–Crippen LogP) is -0.554. The second-order valence-electron chi connectivity index (χ2n) is 4.35. The number of nitrogens with one attached hydrogen (secondary N) is 1. The first kappa shape index (κ1) is 12.7. The minimum atomic E-state index is -0.170. The highest BCUT2D eigenvalue weighted by Crippen LogP contribution is 2.00. The van der Waals surface area contributed by atoms with Crippen LogP contribution in [0.1, 0.15) is 13.8 Å². The Bertz CT molecular complexity index is 347. The number of hydrogen-bond donors (Lipinski definition) is 2. The monoisotopic (exact) mass is 226 g/mol. The van der Waals surface area contributed by atoms with Crippen LogP contribution in [0.5, 0.6) is 0 Å². The van der Waals surface area contributed by atoms with E-state index < -0.39 is 0 Å². The lowest BCUT2D eigenvalue weighted by Gasteiger charge is -2.19. The highest BCUT2D eigenvalue weighted by molar-refractivity contribution is 5.76. The molecule has 90 valence electrons. The Kier molecular flexibility index (Phi) is 4.49. The van der Waals surface area contributed by atoms with Crippen LogP contribution in [0.15, 0.2) is 18.7 Å². The van der Waals surface area contributed by atoms with E-state index in [1.165, 1.54) is 0 Å². The van der Waals surface area contributed by atoms with Crippen LogP contribution in [0.3, 0.4) is 0 Å². The molecule has 0 aromatic carbocycles. The summed E-state index contributed by atoms with van der Waals surface area (Å²) in [6.45, 7) is 4.20. The maximum absolute atomic E-state index is 11.6. The molecule has 0 spiro atoms. The maximum atomic E-state index is 11.6. The van der Waals surface area contributed by atoms with Gasteiger partial charge in [0.1, 0.15) is 12.4 Å². The van der Waals surface area contributed by atoms with Gasteiger partial charge in [0.05, 0.1) is 19.7 Å². The number of aryl methyl sites for hydroxylation is 1. The smallest absolute Gasteiger partial charge is 0.262 e. The molecular weight excluding hydrogens is 206 g/mol. The first-order valence-electron chi connectivity index (χ1n) is 5.44. The van der Waals surface area contributed by atoms with E-state index in [1.807, 2.05) is 44.2 Å². The lowest BCUT2D eigenvalue weighted by Crippen LogP contribution is -2.42. The van der Waals surface area contributed by atoms with E-state index in [1.54, 1.807) is 4.57 Å². The van der Waals surface area contributed by atoms with Crippen LogP contribution >= 0.6 is 0 Å². The average Bonchev–Trinajstić information content (AvgIpc) is 2.60. The van der Waals surface area contributed by atoms with E-state index in [2.05, 4.69) is 5.32 Å². The zero-order valence-corrected chi connectivity index (χ0v) is 10.1. The van der Waals surface area contributed by atoms with Crippen LogP contribution in [0, 0.1) is 5.92 Å². The van der Waals surface area contributed by atoms with Gasteiger partial charge in [-0.2, -0.15) is 0 Å². The number of aliphatic hydroxyl groups is 1. The summed E-state index contributed by atoms with van der Waals surface area (Å²) in [5.41, 5.74) is 0. The summed E-state index contributed by atoms with van der Waals surface area (Å²) in [5, 5.41) is 11.9. The molecule has 1 heterocycles. The average molecular weight is 226 g/mol. The molecule has 0 radical (unpaired) electrons. The fourth-order valence-electron chi connectivity index (χ4n) is 1.44. The highest BCUT2D eigenvalue weighted by Gasteiger charge is 2.16. The van der Waals surface area contributed by atoms with E-state index in [4.69, 9.17) is 5.11 Å². The Hall–Kier alpha value is -1.36. The molecular formula is C11H20N3O2+. The van der Waals surface area contributed by atoms with Crippen molar-refractivity contribution >= 4 is 5.91 Å². The molecule has 0 saturated heterocycles. The van der Waals surface area contributed by atoms with E-state index >= 15 is 0 Å². The Labute approximate surface area is 95.7 Å².